The zero-order valence-corrected chi connectivity index (χ0v) is 16.1. The molecule has 0 radical (unpaired) electrons. The summed E-state index contributed by atoms with van der Waals surface area (Å²) in [7, 11) is 3.19. The van der Waals surface area contributed by atoms with E-state index in [4.69, 9.17) is 14.2 Å². The molecule has 0 spiro atoms. The van der Waals surface area contributed by atoms with Gasteiger partial charge in [0.2, 0.25) is 5.91 Å². The van der Waals surface area contributed by atoms with Gasteiger partial charge in [0, 0.05) is 19.0 Å². The van der Waals surface area contributed by atoms with Crippen molar-refractivity contribution in [1.82, 2.24) is 4.90 Å². The van der Waals surface area contributed by atoms with Crippen LogP contribution >= 0.6 is 0 Å². The second-order valence-electron chi connectivity index (χ2n) is 6.67. The maximum atomic E-state index is 12.8. The summed E-state index contributed by atoms with van der Waals surface area (Å²) in [5, 5.41) is 0. The normalized spacial score (nSPS) is 18.2. The molecule has 2 rings (SSSR count). The number of hydrogen-bond acceptors (Lipinski definition) is 5. The number of rotatable bonds is 7. The molecule has 6 nitrogen and oxygen atoms in total. The molecule has 6 heteroatoms. The second-order valence-corrected chi connectivity index (χ2v) is 6.67. The first-order valence-corrected chi connectivity index (χ1v) is 9.16. The third kappa shape index (κ3) is 4.90. The highest BCUT2D eigenvalue weighted by atomic mass is 16.5. The van der Waals surface area contributed by atoms with Gasteiger partial charge < -0.3 is 19.1 Å². The van der Waals surface area contributed by atoms with E-state index >= 15 is 0 Å². The van der Waals surface area contributed by atoms with Crippen LogP contribution in [-0.4, -0.2) is 50.7 Å². The molecule has 0 saturated carbocycles. The van der Waals surface area contributed by atoms with Gasteiger partial charge in [-0.05, 0) is 43.9 Å². The van der Waals surface area contributed by atoms with E-state index in [1.807, 2.05) is 25.1 Å². The number of likely N-dealkylation sites (tertiary alicyclic amines) is 1. The summed E-state index contributed by atoms with van der Waals surface area (Å²) in [5.41, 5.74) is 1.02. The van der Waals surface area contributed by atoms with Crippen molar-refractivity contribution in [2.75, 3.05) is 33.9 Å². The molecule has 1 fully saturated rings. The van der Waals surface area contributed by atoms with Gasteiger partial charge >= 0.3 is 5.97 Å². The summed E-state index contributed by atoms with van der Waals surface area (Å²) >= 11 is 0. The van der Waals surface area contributed by atoms with Crippen molar-refractivity contribution >= 4 is 11.9 Å². The maximum Gasteiger partial charge on any atom is 0.310 e. The van der Waals surface area contributed by atoms with Gasteiger partial charge in [0.1, 0.15) is 0 Å². The highest BCUT2D eigenvalue weighted by Crippen LogP contribution is 2.29. The number of piperidine rings is 1. The Morgan fingerprint density at radius 1 is 1.23 bits per heavy atom. The van der Waals surface area contributed by atoms with E-state index in [-0.39, 0.29) is 23.7 Å². The minimum atomic E-state index is -0.207. The number of ether oxygens (including phenoxy) is 3. The first-order chi connectivity index (χ1) is 12.5. The monoisotopic (exact) mass is 363 g/mol. The van der Waals surface area contributed by atoms with Crippen molar-refractivity contribution < 1.29 is 23.8 Å². The van der Waals surface area contributed by atoms with Crippen LogP contribution in [0.3, 0.4) is 0 Å². The van der Waals surface area contributed by atoms with Gasteiger partial charge in [-0.2, -0.15) is 0 Å². The van der Waals surface area contributed by atoms with Gasteiger partial charge in [0.15, 0.2) is 11.5 Å². The van der Waals surface area contributed by atoms with Crippen LogP contribution in [0.2, 0.25) is 0 Å². The van der Waals surface area contributed by atoms with Gasteiger partial charge in [-0.25, -0.2) is 0 Å². The van der Waals surface area contributed by atoms with E-state index in [1.165, 1.54) is 0 Å². The van der Waals surface area contributed by atoms with E-state index in [0.717, 1.165) is 18.4 Å². The molecule has 0 aromatic heterocycles. The zero-order valence-electron chi connectivity index (χ0n) is 16.1. The lowest BCUT2D eigenvalue weighted by Gasteiger charge is -2.33. The van der Waals surface area contributed by atoms with Crippen LogP contribution < -0.4 is 9.47 Å². The van der Waals surface area contributed by atoms with E-state index < -0.39 is 0 Å². The van der Waals surface area contributed by atoms with Gasteiger partial charge in [-0.15, -0.1) is 0 Å². The third-order valence-electron chi connectivity index (χ3n) is 4.76. The first-order valence-electron chi connectivity index (χ1n) is 9.16. The Morgan fingerprint density at radius 3 is 2.62 bits per heavy atom. The fraction of sp³-hybridized carbons (Fsp3) is 0.600. The summed E-state index contributed by atoms with van der Waals surface area (Å²) in [5.74, 6) is 0.829. The number of esters is 1. The number of carbonyl (C=O) groups is 2. The molecular weight excluding hydrogens is 334 g/mol. The molecule has 1 aromatic carbocycles. The van der Waals surface area contributed by atoms with Crippen LogP contribution in [0.25, 0.3) is 0 Å². The molecule has 0 aliphatic carbocycles. The summed E-state index contributed by atoms with van der Waals surface area (Å²) in [6, 6.07) is 5.70. The number of carbonyl (C=O) groups excluding carboxylic acids is 2. The zero-order chi connectivity index (χ0) is 19.1. The summed E-state index contributed by atoms with van der Waals surface area (Å²) in [6.45, 7) is 5.25. The van der Waals surface area contributed by atoms with Crippen molar-refractivity contribution in [3.8, 4) is 11.5 Å². The molecule has 0 N–H and O–H groups in total. The number of nitrogens with zero attached hydrogens (tertiary/aromatic N) is 1. The predicted molar refractivity (Wildman–Crippen MR) is 98.4 cm³/mol. The van der Waals surface area contributed by atoms with Crippen LogP contribution in [0, 0.1) is 11.8 Å². The molecule has 26 heavy (non-hydrogen) atoms. The average Bonchev–Trinajstić information content (AvgIpc) is 2.67. The Morgan fingerprint density at radius 2 is 1.96 bits per heavy atom. The van der Waals surface area contributed by atoms with E-state index in [1.54, 1.807) is 26.0 Å². The largest absolute Gasteiger partial charge is 0.493 e. The van der Waals surface area contributed by atoms with Crippen molar-refractivity contribution in [1.29, 1.82) is 0 Å². The van der Waals surface area contributed by atoms with Crippen LogP contribution in [0.15, 0.2) is 18.2 Å². The van der Waals surface area contributed by atoms with Gasteiger partial charge in [0.05, 0.1) is 26.7 Å². The fourth-order valence-corrected chi connectivity index (χ4v) is 3.39. The van der Waals surface area contributed by atoms with Crippen molar-refractivity contribution in [3.05, 3.63) is 23.8 Å². The maximum absolute atomic E-state index is 12.8. The second kappa shape index (κ2) is 9.46. The van der Waals surface area contributed by atoms with E-state index in [9.17, 15) is 9.59 Å². The molecule has 1 saturated heterocycles. The molecule has 1 aliphatic rings. The molecule has 144 valence electrons. The smallest absolute Gasteiger partial charge is 0.310 e. The molecule has 1 aliphatic heterocycles. The quantitative estimate of drug-likeness (QED) is 0.697. The molecule has 1 aromatic rings. The topological polar surface area (TPSA) is 65.1 Å². The highest BCUT2D eigenvalue weighted by Gasteiger charge is 2.31. The van der Waals surface area contributed by atoms with E-state index in [2.05, 4.69) is 0 Å². The SMILES string of the molecule is CCOC(=O)C1CCCN(C(=O)C(C)Cc2ccc(OC)c(OC)c2)C1. The van der Waals surface area contributed by atoms with Crippen LogP contribution in [0.4, 0.5) is 0 Å². The third-order valence-corrected chi connectivity index (χ3v) is 4.76. The molecule has 1 heterocycles. The minimum Gasteiger partial charge on any atom is -0.493 e. The molecular formula is C20H29NO5. The first kappa shape index (κ1) is 20.1. The van der Waals surface area contributed by atoms with Crippen molar-refractivity contribution in [2.24, 2.45) is 11.8 Å². The lowest BCUT2D eigenvalue weighted by atomic mass is 9.94. The number of benzene rings is 1. The average molecular weight is 363 g/mol. The standard InChI is InChI=1S/C20H29NO5/c1-5-26-20(23)16-7-6-10-21(13-16)19(22)14(2)11-15-8-9-17(24-3)18(12-15)25-4/h8-9,12,14,16H,5-7,10-11,13H2,1-4H3. The Labute approximate surface area is 155 Å². The van der Waals surface area contributed by atoms with Crippen LogP contribution in [0.1, 0.15) is 32.3 Å². The van der Waals surface area contributed by atoms with Gasteiger partial charge in [-0.3, -0.25) is 9.59 Å². The number of amides is 1. The molecule has 2 atom stereocenters. The number of hydrogen-bond donors (Lipinski definition) is 0. The van der Waals surface area contributed by atoms with Gasteiger partial charge in [0.25, 0.3) is 0 Å². The highest BCUT2D eigenvalue weighted by molar-refractivity contribution is 5.80. The molecule has 1 amide bonds. The van der Waals surface area contributed by atoms with Crippen molar-refractivity contribution in [3.63, 3.8) is 0 Å². The Bertz CT molecular complexity index is 631. The minimum absolute atomic E-state index is 0.0776. The lowest BCUT2D eigenvalue weighted by Crippen LogP contribution is -2.45. The predicted octanol–water partition coefficient (Wildman–Crippen LogP) is 2.68. The summed E-state index contributed by atoms with van der Waals surface area (Å²) in [6.07, 6.45) is 2.23. The Kier molecular flexibility index (Phi) is 7.30. The van der Waals surface area contributed by atoms with Crippen LogP contribution in [-0.2, 0) is 20.7 Å². The van der Waals surface area contributed by atoms with E-state index in [0.29, 0.717) is 37.6 Å². The lowest BCUT2D eigenvalue weighted by molar-refractivity contribution is -0.151. The summed E-state index contributed by atoms with van der Waals surface area (Å²) in [4.78, 5) is 26.6. The summed E-state index contributed by atoms with van der Waals surface area (Å²) < 4.78 is 15.7. The van der Waals surface area contributed by atoms with Crippen molar-refractivity contribution in [2.45, 2.75) is 33.1 Å². The van der Waals surface area contributed by atoms with Crippen LogP contribution in [0.5, 0.6) is 11.5 Å². The molecule has 0 bridgehead atoms. The Balaban J connectivity index is 1.99. The number of methoxy groups -OCH3 is 2. The van der Waals surface area contributed by atoms with Gasteiger partial charge in [-0.1, -0.05) is 13.0 Å². The molecule has 2 unspecified atom stereocenters. The fourth-order valence-electron chi connectivity index (χ4n) is 3.39. The Hall–Kier alpha value is -2.24.